The number of unbranched alkanes of at least 4 members (excludes halogenated alkanes) is 1. The van der Waals surface area contributed by atoms with Crippen LogP contribution in [0.4, 0.5) is 0 Å². The van der Waals surface area contributed by atoms with Crippen molar-refractivity contribution in [3.05, 3.63) is 35.4 Å². The average molecular weight is 326 g/mol. The van der Waals surface area contributed by atoms with Gasteiger partial charge in [-0.05, 0) is 18.6 Å². The first-order valence-electron chi connectivity index (χ1n) is 7.17. The summed E-state index contributed by atoms with van der Waals surface area (Å²) in [4.78, 5) is 32.6. The van der Waals surface area contributed by atoms with Gasteiger partial charge in [0.05, 0.1) is 24.3 Å². The van der Waals surface area contributed by atoms with E-state index in [1.54, 1.807) is 12.1 Å². The van der Waals surface area contributed by atoms with Gasteiger partial charge in [-0.3, -0.25) is 4.79 Å². The van der Waals surface area contributed by atoms with Crippen LogP contribution in [0.15, 0.2) is 24.3 Å². The molecule has 0 saturated carbocycles. The molecular weight excluding hydrogens is 304 g/mol. The highest BCUT2D eigenvalue weighted by atomic mass is 16.5. The van der Waals surface area contributed by atoms with Crippen LogP contribution in [0.1, 0.15) is 47.4 Å². The number of hydrogen-bond acceptors (Lipinski definition) is 6. The van der Waals surface area contributed by atoms with Gasteiger partial charge in [0, 0.05) is 6.92 Å². The summed E-state index contributed by atoms with van der Waals surface area (Å²) < 4.78 is 9.86. The second-order valence-corrected chi connectivity index (χ2v) is 4.41. The Morgan fingerprint density at radius 3 is 1.83 bits per heavy atom. The molecule has 128 valence electrons. The Balaban J connectivity index is 0.00000108. The number of carbonyl (C=O) groups excluding carboxylic acids is 2. The Morgan fingerprint density at radius 2 is 1.43 bits per heavy atom. The smallest absolute Gasteiger partial charge is 0.339 e. The molecule has 0 bridgehead atoms. The first-order chi connectivity index (χ1) is 10.9. The zero-order chi connectivity index (χ0) is 17.7. The highest BCUT2D eigenvalue weighted by molar-refractivity contribution is 6.03. The quantitative estimate of drug-likeness (QED) is 0.581. The van der Waals surface area contributed by atoms with E-state index in [4.69, 9.17) is 24.5 Å². The van der Waals surface area contributed by atoms with Crippen LogP contribution < -0.4 is 0 Å². The Hall–Kier alpha value is -2.41. The third-order valence-electron chi connectivity index (χ3n) is 2.42. The summed E-state index contributed by atoms with van der Waals surface area (Å²) in [6.07, 6.45) is 1.70. The van der Waals surface area contributed by atoms with Gasteiger partial charge in [0.25, 0.3) is 5.97 Å². The van der Waals surface area contributed by atoms with Gasteiger partial charge in [-0.25, -0.2) is 9.59 Å². The zero-order valence-corrected chi connectivity index (χ0v) is 13.3. The van der Waals surface area contributed by atoms with E-state index in [-0.39, 0.29) is 24.3 Å². The molecule has 0 aliphatic rings. The third-order valence-corrected chi connectivity index (χ3v) is 2.42. The van der Waals surface area contributed by atoms with Gasteiger partial charge in [0.2, 0.25) is 0 Å². The fourth-order valence-electron chi connectivity index (χ4n) is 1.44. The van der Waals surface area contributed by atoms with Crippen molar-refractivity contribution in [3.8, 4) is 0 Å². The first kappa shape index (κ1) is 20.6. The highest BCUT2D eigenvalue weighted by Crippen LogP contribution is 2.12. The number of hydrogen-bond donors (Lipinski definition) is 2. The van der Waals surface area contributed by atoms with Crippen molar-refractivity contribution in [1.29, 1.82) is 0 Å². The molecule has 0 aliphatic carbocycles. The van der Waals surface area contributed by atoms with E-state index in [9.17, 15) is 9.59 Å². The van der Waals surface area contributed by atoms with E-state index in [1.807, 2.05) is 6.92 Å². The van der Waals surface area contributed by atoms with Crippen molar-refractivity contribution in [2.45, 2.75) is 26.7 Å². The topological polar surface area (TPSA) is 110 Å². The minimum Gasteiger partial charge on any atom is -0.481 e. The summed E-state index contributed by atoms with van der Waals surface area (Å²) in [6, 6.07) is 6.30. The third kappa shape index (κ3) is 9.26. The van der Waals surface area contributed by atoms with Crippen LogP contribution in [0, 0.1) is 0 Å². The zero-order valence-electron chi connectivity index (χ0n) is 13.3. The van der Waals surface area contributed by atoms with Crippen molar-refractivity contribution in [2.75, 3.05) is 19.8 Å². The van der Waals surface area contributed by atoms with Gasteiger partial charge in [-0.15, -0.1) is 0 Å². The summed E-state index contributed by atoms with van der Waals surface area (Å²) in [7, 11) is 0. The standard InChI is InChI=1S/C14H18O5.C2H4O2/c1-2-3-9-18-13(16)11-6-4-5-7-12(11)14(17)19-10-8-15;1-2(3)4/h4-7,15H,2-3,8-10H2,1H3;1H3,(H,3,4). The minimum absolute atomic E-state index is 0.0992. The SMILES string of the molecule is CC(=O)O.CCCCOC(=O)c1ccccc1C(=O)OCCO. The van der Waals surface area contributed by atoms with Crippen LogP contribution in [-0.2, 0) is 14.3 Å². The maximum atomic E-state index is 11.8. The molecule has 0 aromatic heterocycles. The number of carboxylic acids is 1. The molecule has 0 fully saturated rings. The van der Waals surface area contributed by atoms with Crippen LogP contribution in [0.5, 0.6) is 0 Å². The second-order valence-electron chi connectivity index (χ2n) is 4.41. The summed E-state index contributed by atoms with van der Waals surface area (Å²) >= 11 is 0. The van der Waals surface area contributed by atoms with Crippen molar-refractivity contribution >= 4 is 17.9 Å². The molecule has 0 spiro atoms. The summed E-state index contributed by atoms with van der Waals surface area (Å²) in [6.45, 7) is 3.05. The number of carboxylic acid groups (broad SMARTS) is 1. The van der Waals surface area contributed by atoms with Crippen LogP contribution >= 0.6 is 0 Å². The lowest BCUT2D eigenvalue weighted by atomic mass is 10.1. The molecular formula is C16H22O7. The molecule has 7 heteroatoms. The number of esters is 2. The number of carbonyl (C=O) groups is 3. The van der Waals surface area contributed by atoms with E-state index in [2.05, 4.69) is 0 Å². The molecule has 0 radical (unpaired) electrons. The maximum absolute atomic E-state index is 11.8. The minimum atomic E-state index is -0.833. The highest BCUT2D eigenvalue weighted by Gasteiger charge is 2.18. The van der Waals surface area contributed by atoms with Crippen LogP contribution in [0.3, 0.4) is 0 Å². The number of aliphatic hydroxyl groups excluding tert-OH is 1. The van der Waals surface area contributed by atoms with Crippen molar-refractivity contribution in [3.63, 3.8) is 0 Å². The molecule has 0 atom stereocenters. The van der Waals surface area contributed by atoms with Gasteiger partial charge in [-0.1, -0.05) is 25.5 Å². The molecule has 0 amide bonds. The van der Waals surface area contributed by atoms with Gasteiger partial charge >= 0.3 is 11.9 Å². The van der Waals surface area contributed by atoms with Gasteiger partial charge in [0.1, 0.15) is 6.61 Å². The summed E-state index contributed by atoms with van der Waals surface area (Å²) in [5.74, 6) is -2.01. The fraction of sp³-hybridized carbons (Fsp3) is 0.438. The lowest BCUT2D eigenvalue weighted by Crippen LogP contribution is -2.15. The molecule has 0 saturated heterocycles. The van der Waals surface area contributed by atoms with Crippen molar-refractivity contribution in [2.24, 2.45) is 0 Å². The van der Waals surface area contributed by atoms with E-state index in [0.29, 0.717) is 6.61 Å². The monoisotopic (exact) mass is 326 g/mol. The summed E-state index contributed by atoms with van der Waals surface area (Å²) in [5, 5.41) is 16.0. The predicted molar refractivity (Wildman–Crippen MR) is 82.3 cm³/mol. The van der Waals surface area contributed by atoms with E-state index in [0.717, 1.165) is 19.8 Å². The Kier molecular flexibility index (Phi) is 10.9. The average Bonchev–Trinajstić information content (AvgIpc) is 2.52. The predicted octanol–water partition coefficient (Wildman–Crippen LogP) is 1.88. The molecule has 0 unspecified atom stereocenters. The van der Waals surface area contributed by atoms with E-state index >= 15 is 0 Å². The van der Waals surface area contributed by atoms with E-state index in [1.165, 1.54) is 12.1 Å². The van der Waals surface area contributed by atoms with Crippen LogP contribution in [0.25, 0.3) is 0 Å². The Bertz CT molecular complexity index is 507. The Labute approximate surface area is 134 Å². The number of rotatable bonds is 7. The lowest BCUT2D eigenvalue weighted by molar-refractivity contribution is -0.134. The molecule has 1 rings (SSSR count). The van der Waals surface area contributed by atoms with Gasteiger partial charge < -0.3 is 19.7 Å². The number of benzene rings is 1. The maximum Gasteiger partial charge on any atom is 0.339 e. The number of aliphatic carboxylic acids is 1. The summed E-state index contributed by atoms with van der Waals surface area (Å²) in [5.41, 5.74) is 0.332. The molecule has 23 heavy (non-hydrogen) atoms. The molecule has 7 nitrogen and oxygen atoms in total. The number of aliphatic hydroxyl groups is 1. The molecule has 2 N–H and O–H groups in total. The van der Waals surface area contributed by atoms with Gasteiger partial charge in [0.15, 0.2) is 0 Å². The number of ether oxygens (including phenoxy) is 2. The fourth-order valence-corrected chi connectivity index (χ4v) is 1.44. The van der Waals surface area contributed by atoms with Crippen LogP contribution in [-0.4, -0.2) is 47.9 Å². The van der Waals surface area contributed by atoms with Crippen molar-refractivity contribution < 1.29 is 34.1 Å². The largest absolute Gasteiger partial charge is 0.481 e. The molecule has 1 aromatic carbocycles. The van der Waals surface area contributed by atoms with E-state index < -0.39 is 17.9 Å². The molecule has 0 aliphatic heterocycles. The first-order valence-corrected chi connectivity index (χ1v) is 7.17. The van der Waals surface area contributed by atoms with Crippen LogP contribution in [0.2, 0.25) is 0 Å². The molecule has 0 heterocycles. The second kappa shape index (κ2) is 12.2. The molecule has 1 aromatic rings. The lowest BCUT2D eigenvalue weighted by Gasteiger charge is -2.08. The van der Waals surface area contributed by atoms with Crippen molar-refractivity contribution in [1.82, 2.24) is 0 Å². The Morgan fingerprint density at radius 1 is 1.00 bits per heavy atom. The normalized spacial score (nSPS) is 9.35. The van der Waals surface area contributed by atoms with Gasteiger partial charge in [-0.2, -0.15) is 0 Å².